The molecule has 0 radical (unpaired) electrons. The lowest BCUT2D eigenvalue weighted by atomic mass is 9.89. The summed E-state index contributed by atoms with van der Waals surface area (Å²) < 4.78 is 6.13. The van der Waals surface area contributed by atoms with Crippen molar-refractivity contribution in [1.29, 1.82) is 0 Å². The van der Waals surface area contributed by atoms with E-state index in [2.05, 4.69) is 56.5 Å². The minimum absolute atomic E-state index is 0.0586. The number of carbonyl (C=O) groups is 1. The van der Waals surface area contributed by atoms with Crippen LogP contribution < -0.4 is 4.74 Å². The summed E-state index contributed by atoms with van der Waals surface area (Å²) in [5.74, 6) is 2.06. The summed E-state index contributed by atoms with van der Waals surface area (Å²) in [6.07, 6.45) is 6.59. The Hall–Kier alpha value is -1.74. The van der Waals surface area contributed by atoms with Crippen LogP contribution in [0.15, 0.2) is 47.4 Å². The third-order valence-corrected chi connectivity index (χ3v) is 5.64. The zero-order valence-electron chi connectivity index (χ0n) is 15.9. The Balaban J connectivity index is 1.94. The van der Waals surface area contributed by atoms with E-state index in [1.807, 2.05) is 6.07 Å². The molecule has 0 aliphatic heterocycles. The van der Waals surface area contributed by atoms with Crippen LogP contribution in [0, 0.1) is 11.8 Å². The molecular weight excluding hydrogens is 340 g/mol. The van der Waals surface area contributed by atoms with Gasteiger partial charge in [-0.1, -0.05) is 32.0 Å². The van der Waals surface area contributed by atoms with Crippen LogP contribution in [0.4, 0.5) is 0 Å². The Bertz CT molecular complexity index is 732. The van der Waals surface area contributed by atoms with Gasteiger partial charge in [0.05, 0.1) is 6.61 Å². The first-order valence-electron chi connectivity index (χ1n) is 9.47. The summed E-state index contributed by atoms with van der Waals surface area (Å²) in [4.78, 5) is 12.9. The van der Waals surface area contributed by atoms with Gasteiger partial charge in [-0.3, -0.25) is 0 Å². The van der Waals surface area contributed by atoms with Gasteiger partial charge in [0.2, 0.25) is 0 Å². The van der Waals surface area contributed by atoms with E-state index < -0.39 is 0 Å². The van der Waals surface area contributed by atoms with Crippen molar-refractivity contribution in [3.8, 4) is 16.9 Å². The molecule has 1 saturated carbocycles. The quantitative estimate of drug-likeness (QED) is 0.390. The van der Waals surface area contributed by atoms with E-state index in [0.29, 0.717) is 11.8 Å². The van der Waals surface area contributed by atoms with Gasteiger partial charge in [0.1, 0.15) is 12.0 Å². The Morgan fingerprint density at radius 2 is 1.88 bits per heavy atom. The Labute approximate surface area is 161 Å². The maximum Gasteiger partial charge on any atom is 0.127 e. The van der Waals surface area contributed by atoms with E-state index in [4.69, 9.17) is 4.74 Å². The first-order valence-corrected chi connectivity index (χ1v) is 10.7. The molecule has 2 aromatic carbocycles. The molecule has 0 saturated heterocycles. The fourth-order valence-electron chi connectivity index (χ4n) is 3.17. The number of ether oxygens (including phenoxy) is 1. The second-order valence-corrected chi connectivity index (χ2v) is 8.49. The van der Waals surface area contributed by atoms with Gasteiger partial charge in [0.25, 0.3) is 0 Å². The maximum absolute atomic E-state index is 11.6. The van der Waals surface area contributed by atoms with E-state index in [1.165, 1.54) is 17.7 Å². The largest absolute Gasteiger partial charge is 0.493 e. The summed E-state index contributed by atoms with van der Waals surface area (Å²) in [7, 11) is 0. The minimum Gasteiger partial charge on any atom is -0.493 e. The van der Waals surface area contributed by atoms with Crippen LogP contribution in [0.5, 0.6) is 5.75 Å². The van der Waals surface area contributed by atoms with E-state index in [-0.39, 0.29) is 5.92 Å². The van der Waals surface area contributed by atoms with Gasteiger partial charge in [-0.25, -0.2) is 0 Å². The second-order valence-electron chi connectivity index (χ2n) is 7.61. The summed E-state index contributed by atoms with van der Waals surface area (Å²) in [5.41, 5.74) is 3.31. The van der Waals surface area contributed by atoms with E-state index in [9.17, 15) is 4.79 Å². The smallest absolute Gasteiger partial charge is 0.127 e. The van der Waals surface area contributed by atoms with Crippen molar-refractivity contribution in [2.75, 3.05) is 12.9 Å². The standard InChI is InChI=1S/C23H28O2S/c1-16(2)12-20(14-24)19-8-11-23(25-15-17-4-5-17)22(13-19)18-6-9-21(26-3)10-7-18/h6-11,13-14,16-17,20H,4-5,12,15H2,1-3H3. The van der Waals surface area contributed by atoms with Gasteiger partial charge in [0.15, 0.2) is 0 Å². The molecule has 1 unspecified atom stereocenters. The summed E-state index contributed by atoms with van der Waals surface area (Å²) in [6, 6.07) is 14.8. The van der Waals surface area contributed by atoms with Crippen LogP contribution in [-0.4, -0.2) is 19.1 Å². The lowest BCUT2D eigenvalue weighted by molar-refractivity contribution is -0.109. The highest BCUT2D eigenvalue weighted by Gasteiger charge is 2.23. The van der Waals surface area contributed by atoms with Crippen molar-refractivity contribution in [1.82, 2.24) is 0 Å². The minimum atomic E-state index is -0.0586. The molecule has 0 amide bonds. The molecule has 1 aliphatic carbocycles. The van der Waals surface area contributed by atoms with Gasteiger partial charge in [0, 0.05) is 16.4 Å². The second kappa shape index (κ2) is 8.77. The molecule has 0 bridgehead atoms. The topological polar surface area (TPSA) is 26.3 Å². The highest BCUT2D eigenvalue weighted by atomic mass is 32.2. The fraction of sp³-hybridized carbons (Fsp3) is 0.435. The van der Waals surface area contributed by atoms with Gasteiger partial charge >= 0.3 is 0 Å². The monoisotopic (exact) mass is 368 g/mol. The van der Waals surface area contributed by atoms with Crippen molar-refractivity contribution in [3.63, 3.8) is 0 Å². The van der Waals surface area contributed by atoms with E-state index in [1.54, 1.807) is 11.8 Å². The normalized spacial score (nSPS) is 15.1. The Morgan fingerprint density at radius 3 is 2.46 bits per heavy atom. The van der Waals surface area contributed by atoms with Crippen molar-refractivity contribution < 1.29 is 9.53 Å². The number of thioether (sulfide) groups is 1. The molecule has 3 heteroatoms. The van der Waals surface area contributed by atoms with Crippen LogP contribution in [-0.2, 0) is 4.79 Å². The van der Waals surface area contributed by atoms with Gasteiger partial charge in [-0.15, -0.1) is 11.8 Å². The first-order chi connectivity index (χ1) is 12.6. The van der Waals surface area contributed by atoms with E-state index in [0.717, 1.165) is 41.8 Å². The first kappa shape index (κ1) is 19.0. The average Bonchev–Trinajstić information content (AvgIpc) is 3.49. The zero-order valence-corrected chi connectivity index (χ0v) is 16.7. The van der Waals surface area contributed by atoms with Crippen molar-refractivity contribution in [2.45, 2.75) is 43.9 Å². The van der Waals surface area contributed by atoms with Crippen molar-refractivity contribution in [3.05, 3.63) is 48.0 Å². The molecule has 2 aromatic rings. The lowest BCUT2D eigenvalue weighted by Crippen LogP contribution is -2.06. The van der Waals surface area contributed by atoms with Crippen LogP contribution in [0.1, 0.15) is 44.6 Å². The third-order valence-electron chi connectivity index (χ3n) is 4.89. The SMILES string of the molecule is CSc1ccc(-c2cc(C(C=O)CC(C)C)ccc2OCC2CC2)cc1. The molecule has 26 heavy (non-hydrogen) atoms. The molecule has 3 rings (SSSR count). The maximum atomic E-state index is 11.6. The molecule has 0 spiro atoms. The van der Waals surface area contributed by atoms with Crippen LogP contribution in [0.2, 0.25) is 0 Å². The third kappa shape index (κ3) is 4.91. The summed E-state index contributed by atoms with van der Waals surface area (Å²) in [6.45, 7) is 5.11. The average molecular weight is 369 g/mol. The number of hydrogen-bond donors (Lipinski definition) is 0. The Morgan fingerprint density at radius 1 is 1.15 bits per heavy atom. The van der Waals surface area contributed by atoms with Crippen molar-refractivity contribution in [2.24, 2.45) is 11.8 Å². The molecule has 0 N–H and O–H groups in total. The van der Waals surface area contributed by atoms with Crippen LogP contribution >= 0.6 is 11.8 Å². The number of carbonyl (C=O) groups excluding carboxylic acids is 1. The lowest BCUT2D eigenvalue weighted by Gasteiger charge is -2.17. The van der Waals surface area contributed by atoms with Crippen molar-refractivity contribution >= 4 is 18.0 Å². The number of aldehydes is 1. The van der Waals surface area contributed by atoms with E-state index >= 15 is 0 Å². The fourth-order valence-corrected chi connectivity index (χ4v) is 3.58. The highest BCUT2D eigenvalue weighted by Crippen LogP contribution is 2.37. The molecule has 138 valence electrons. The molecule has 2 nitrogen and oxygen atoms in total. The molecular formula is C23H28O2S. The Kier molecular flexibility index (Phi) is 6.42. The summed E-state index contributed by atoms with van der Waals surface area (Å²) >= 11 is 1.74. The predicted molar refractivity (Wildman–Crippen MR) is 110 cm³/mol. The predicted octanol–water partition coefficient (Wildman–Crippen LogP) is 6.19. The van der Waals surface area contributed by atoms with Crippen LogP contribution in [0.3, 0.4) is 0 Å². The van der Waals surface area contributed by atoms with Crippen LogP contribution in [0.25, 0.3) is 11.1 Å². The summed E-state index contributed by atoms with van der Waals surface area (Å²) in [5, 5.41) is 0. The number of rotatable bonds is 9. The molecule has 1 fully saturated rings. The van der Waals surface area contributed by atoms with Gasteiger partial charge < -0.3 is 9.53 Å². The molecule has 0 heterocycles. The van der Waals surface area contributed by atoms with Gasteiger partial charge in [-0.2, -0.15) is 0 Å². The van der Waals surface area contributed by atoms with Gasteiger partial charge in [-0.05, 0) is 72.7 Å². The molecule has 1 atom stereocenters. The number of benzene rings is 2. The molecule has 1 aliphatic rings. The zero-order chi connectivity index (χ0) is 18.5. The molecule has 0 aromatic heterocycles. The number of hydrogen-bond acceptors (Lipinski definition) is 3. The highest BCUT2D eigenvalue weighted by molar-refractivity contribution is 7.98.